The highest BCUT2D eigenvalue weighted by atomic mass is 32.2. The summed E-state index contributed by atoms with van der Waals surface area (Å²) in [5, 5.41) is 6.12. The van der Waals surface area contributed by atoms with Crippen LogP contribution in [0.1, 0.15) is 20.3 Å². The fourth-order valence-electron chi connectivity index (χ4n) is 1.57. The second-order valence-electron chi connectivity index (χ2n) is 4.32. The van der Waals surface area contributed by atoms with Gasteiger partial charge in [-0.25, -0.2) is 4.39 Å². The van der Waals surface area contributed by atoms with Crippen molar-refractivity contribution in [2.24, 2.45) is 0 Å². The molecule has 0 aliphatic carbocycles. The molecule has 0 spiro atoms. The molecule has 1 aromatic carbocycles. The van der Waals surface area contributed by atoms with Crippen LogP contribution in [0.15, 0.2) is 29.2 Å². The minimum absolute atomic E-state index is 0.0550. The van der Waals surface area contributed by atoms with Crippen molar-refractivity contribution in [1.29, 1.82) is 0 Å². The lowest BCUT2D eigenvalue weighted by Gasteiger charge is -2.13. The number of hydrogen-bond donors (Lipinski definition) is 2. The van der Waals surface area contributed by atoms with Gasteiger partial charge in [-0.3, -0.25) is 4.79 Å². The maximum Gasteiger partial charge on any atom is 0.220 e. The van der Waals surface area contributed by atoms with Gasteiger partial charge in [0, 0.05) is 29.7 Å². The molecule has 0 radical (unpaired) electrons. The minimum atomic E-state index is -0.237. The molecule has 1 aromatic rings. The van der Waals surface area contributed by atoms with Crippen molar-refractivity contribution in [3.8, 4) is 0 Å². The molecule has 0 saturated carbocycles. The highest BCUT2D eigenvalue weighted by molar-refractivity contribution is 7.99. The van der Waals surface area contributed by atoms with Gasteiger partial charge in [0.15, 0.2) is 0 Å². The zero-order chi connectivity index (χ0) is 14.1. The lowest BCUT2D eigenvalue weighted by molar-refractivity contribution is -0.120. The Balaban J connectivity index is 2.15. The van der Waals surface area contributed by atoms with Gasteiger partial charge in [0.05, 0.1) is 0 Å². The normalized spacial score (nSPS) is 12.2. The first kappa shape index (κ1) is 16.0. The number of thioether (sulfide) groups is 1. The Labute approximate surface area is 118 Å². The molecule has 0 bridgehead atoms. The van der Waals surface area contributed by atoms with Gasteiger partial charge in [0.2, 0.25) is 5.91 Å². The van der Waals surface area contributed by atoms with Gasteiger partial charge in [-0.2, -0.15) is 0 Å². The second-order valence-corrected chi connectivity index (χ2v) is 5.48. The highest BCUT2D eigenvalue weighted by Crippen LogP contribution is 2.18. The van der Waals surface area contributed by atoms with Crippen molar-refractivity contribution in [3.63, 3.8) is 0 Å². The number of halogens is 1. The molecular formula is C14H21FN2OS. The fourth-order valence-corrected chi connectivity index (χ4v) is 2.42. The Morgan fingerprint density at radius 1 is 1.37 bits per heavy atom. The van der Waals surface area contributed by atoms with Gasteiger partial charge in [0.1, 0.15) is 5.82 Å². The summed E-state index contributed by atoms with van der Waals surface area (Å²) in [6, 6.07) is 6.61. The van der Waals surface area contributed by atoms with E-state index in [0.717, 1.165) is 11.4 Å². The Morgan fingerprint density at radius 3 is 2.68 bits per heavy atom. The van der Waals surface area contributed by atoms with E-state index in [1.807, 2.05) is 13.8 Å². The van der Waals surface area contributed by atoms with E-state index in [9.17, 15) is 9.18 Å². The van der Waals surface area contributed by atoms with Gasteiger partial charge in [-0.1, -0.05) is 6.92 Å². The summed E-state index contributed by atoms with van der Waals surface area (Å²) >= 11 is 1.56. The van der Waals surface area contributed by atoms with Crippen molar-refractivity contribution >= 4 is 17.7 Å². The third kappa shape index (κ3) is 7.18. The van der Waals surface area contributed by atoms with Crippen LogP contribution in [0.25, 0.3) is 0 Å². The number of likely N-dealkylation sites (N-methyl/N-ethyl adjacent to an activating group) is 1. The number of amides is 1. The largest absolute Gasteiger partial charge is 0.355 e. The first-order valence-corrected chi connectivity index (χ1v) is 7.48. The summed E-state index contributed by atoms with van der Waals surface area (Å²) in [5.41, 5.74) is 0. The second kappa shape index (κ2) is 8.93. The van der Waals surface area contributed by atoms with Gasteiger partial charge < -0.3 is 10.6 Å². The van der Waals surface area contributed by atoms with Gasteiger partial charge in [-0.05, 0) is 37.7 Å². The summed E-state index contributed by atoms with van der Waals surface area (Å²) < 4.78 is 12.7. The van der Waals surface area contributed by atoms with Crippen LogP contribution in [-0.2, 0) is 4.79 Å². The lowest BCUT2D eigenvalue weighted by Crippen LogP contribution is -2.38. The van der Waals surface area contributed by atoms with E-state index in [4.69, 9.17) is 0 Å². The van der Waals surface area contributed by atoms with Crippen molar-refractivity contribution in [3.05, 3.63) is 30.1 Å². The molecule has 0 heterocycles. The highest BCUT2D eigenvalue weighted by Gasteiger charge is 2.04. The topological polar surface area (TPSA) is 41.1 Å². The first-order chi connectivity index (χ1) is 9.11. The molecule has 1 amide bonds. The van der Waals surface area contributed by atoms with E-state index in [1.54, 1.807) is 23.9 Å². The van der Waals surface area contributed by atoms with Crippen LogP contribution in [-0.4, -0.2) is 30.8 Å². The molecule has 0 saturated heterocycles. The zero-order valence-electron chi connectivity index (χ0n) is 11.4. The number of hydrogen-bond acceptors (Lipinski definition) is 3. The van der Waals surface area contributed by atoms with Crippen LogP contribution >= 0.6 is 11.8 Å². The molecule has 0 unspecified atom stereocenters. The van der Waals surface area contributed by atoms with Crippen LogP contribution in [0.2, 0.25) is 0 Å². The quantitative estimate of drug-likeness (QED) is 0.720. The number of benzene rings is 1. The Kier molecular flexibility index (Phi) is 7.52. The minimum Gasteiger partial charge on any atom is -0.355 e. The molecule has 2 N–H and O–H groups in total. The van der Waals surface area contributed by atoms with E-state index < -0.39 is 0 Å². The molecule has 5 heteroatoms. The van der Waals surface area contributed by atoms with Crippen LogP contribution < -0.4 is 10.6 Å². The van der Waals surface area contributed by atoms with Gasteiger partial charge >= 0.3 is 0 Å². The van der Waals surface area contributed by atoms with Crippen LogP contribution in [0, 0.1) is 5.82 Å². The van der Waals surface area contributed by atoms with Crippen LogP contribution in [0.4, 0.5) is 4.39 Å². The average Bonchev–Trinajstić information content (AvgIpc) is 2.39. The summed E-state index contributed by atoms with van der Waals surface area (Å²) in [6.45, 7) is 5.63. The molecule has 19 heavy (non-hydrogen) atoms. The number of carbonyl (C=O) groups excluding carboxylic acids is 1. The Hall–Kier alpha value is -1.07. The SMILES string of the molecule is CCN[C@H](C)CNC(=O)CCSc1ccc(F)cc1. The molecule has 106 valence electrons. The molecular weight excluding hydrogens is 263 g/mol. The Bertz CT molecular complexity index is 384. The van der Waals surface area contributed by atoms with E-state index in [2.05, 4.69) is 10.6 Å². The molecule has 0 fully saturated rings. The summed E-state index contributed by atoms with van der Waals surface area (Å²) in [6.07, 6.45) is 0.473. The van der Waals surface area contributed by atoms with Crippen molar-refractivity contribution in [2.75, 3.05) is 18.8 Å². The van der Waals surface area contributed by atoms with E-state index in [0.29, 0.717) is 24.8 Å². The number of carbonyl (C=O) groups is 1. The van der Waals surface area contributed by atoms with E-state index in [1.165, 1.54) is 12.1 Å². The summed E-state index contributed by atoms with van der Waals surface area (Å²) in [7, 11) is 0. The van der Waals surface area contributed by atoms with Gasteiger partial charge in [0.25, 0.3) is 0 Å². The Morgan fingerprint density at radius 2 is 2.05 bits per heavy atom. The predicted octanol–water partition coefficient (Wildman–Crippen LogP) is 2.42. The van der Waals surface area contributed by atoms with Crippen LogP contribution in [0.5, 0.6) is 0 Å². The predicted molar refractivity (Wildman–Crippen MR) is 77.9 cm³/mol. The molecule has 1 rings (SSSR count). The molecule has 0 aliphatic rings. The third-order valence-corrected chi connectivity index (χ3v) is 3.58. The van der Waals surface area contributed by atoms with Crippen molar-refractivity contribution < 1.29 is 9.18 Å². The standard InChI is InChI=1S/C14H21FN2OS/c1-3-16-11(2)10-17-14(18)8-9-19-13-6-4-12(15)5-7-13/h4-7,11,16H,3,8-10H2,1-2H3,(H,17,18)/t11-/m1/s1. The molecule has 0 aromatic heterocycles. The van der Waals surface area contributed by atoms with E-state index >= 15 is 0 Å². The molecule has 0 aliphatic heterocycles. The fraction of sp³-hybridized carbons (Fsp3) is 0.500. The average molecular weight is 284 g/mol. The van der Waals surface area contributed by atoms with Crippen molar-refractivity contribution in [2.45, 2.75) is 31.2 Å². The maximum atomic E-state index is 12.7. The summed E-state index contributed by atoms with van der Waals surface area (Å²) in [4.78, 5) is 12.6. The molecule has 1 atom stereocenters. The third-order valence-electron chi connectivity index (χ3n) is 2.57. The lowest BCUT2D eigenvalue weighted by atomic mass is 10.3. The van der Waals surface area contributed by atoms with Crippen LogP contribution in [0.3, 0.4) is 0 Å². The molecule has 3 nitrogen and oxygen atoms in total. The maximum absolute atomic E-state index is 12.7. The smallest absolute Gasteiger partial charge is 0.220 e. The number of nitrogens with one attached hydrogen (secondary N) is 2. The van der Waals surface area contributed by atoms with Crippen molar-refractivity contribution in [1.82, 2.24) is 10.6 Å². The number of rotatable bonds is 8. The summed E-state index contributed by atoms with van der Waals surface area (Å²) in [5.74, 6) is 0.520. The monoisotopic (exact) mass is 284 g/mol. The van der Waals surface area contributed by atoms with E-state index in [-0.39, 0.29) is 11.7 Å². The first-order valence-electron chi connectivity index (χ1n) is 6.50. The zero-order valence-corrected chi connectivity index (χ0v) is 12.2. The van der Waals surface area contributed by atoms with Gasteiger partial charge in [-0.15, -0.1) is 11.8 Å².